The number of hydrogen-bond donors (Lipinski definition) is 1. The van der Waals surface area contributed by atoms with Gasteiger partial charge in [-0.1, -0.05) is 18.3 Å². The maximum Gasteiger partial charge on any atom is 0.142 e. The van der Waals surface area contributed by atoms with Gasteiger partial charge in [0.1, 0.15) is 4.64 Å². The Balaban J connectivity index is 0.000000640. The maximum atomic E-state index is 8.73. The van der Waals surface area contributed by atoms with Gasteiger partial charge in [0, 0.05) is 57.6 Å². The average Bonchev–Trinajstić information content (AvgIpc) is 1.77. The van der Waals surface area contributed by atoms with Gasteiger partial charge in [-0.3, -0.25) is 0 Å². The van der Waals surface area contributed by atoms with Crippen molar-refractivity contribution in [3.05, 3.63) is 29.0 Å². The molecule has 0 aliphatic heterocycles. The Morgan fingerprint density at radius 3 is 2.44 bits per heavy atom. The molecule has 1 radical (unpaired) electrons. The Hall–Kier alpha value is 0.806. The molecule has 2 nitrogen and oxygen atoms in total. The summed E-state index contributed by atoms with van der Waals surface area (Å²) in [5.74, 6) is 0. The van der Waals surface area contributed by atoms with Crippen molar-refractivity contribution in [3.63, 3.8) is 0 Å². The average molecular weight is 166 g/mol. The van der Waals surface area contributed by atoms with Gasteiger partial charge in [0.25, 0.3) is 0 Å². The molecule has 0 unspecified atom stereocenters. The first-order valence-electron chi connectivity index (χ1n) is 2.17. The van der Waals surface area contributed by atoms with Gasteiger partial charge in [-0.25, -0.2) is 0 Å². The Morgan fingerprint density at radius 2 is 2.11 bits per heavy atom. The van der Waals surface area contributed by atoms with E-state index in [0.29, 0.717) is 4.64 Å². The van der Waals surface area contributed by atoms with Gasteiger partial charge in [0.05, 0.1) is 0 Å². The van der Waals surface area contributed by atoms with E-state index in [-0.39, 0.29) is 51.4 Å². The quantitative estimate of drug-likeness (QED) is 0.354. The van der Waals surface area contributed by atoms with Crippen molar-refractivity contribution in [3.8, 4) is 0 Å². The van der Waals surface area contributed by atoms with Crippen LogP contribution in [0.5, 0.6) is 0 Å². The fraction of sp³-hybridized carbons (Fsp3) is 0. The fourth-order valence-corrected chi connectivity index (χ4v) is 0.558. The van der Waals surface area contributed by atoms with Crippen LogP contribution in [0.2, 0.25) is 0 Å². The van der Waals surface area contributed by atoms with Gasteiger partial charge in [0.2, 0.25) is 0 Å². The molecular formula is C5H5KNOS. The van der Waals surface area contributed by atoms with Gasteiger partial charge in [-0.15, -0.1) is 0 Å². The summed E-state index contributed by atoms with van der Waals surface area (Å²) in [5, 5.41) is 8.73. The molecule has 1 heterocycles. The van der Waals surface area contributed by atoms with Crippen molar-refractivity contribution < 1.29 is 5.21 Å². The minimum atomic E-state index is 0. The predicted octanol–water partition coefficient (Wildman–Crippen LogP) is 1.07. The van der Waals surface area contributed by atoms with Crippen molar-refractivity contribution >= 4 is 63.6 Å². The maximum absolute atomic E-state index is 8.73. The van der Waals surface area contributed by atoms with E-state index < -0.39 is 0 Å². The molecule has 0 spiro atoms. The SMILES string of the molecule is On1ccccc1=S.[K]. The summed E-state index contributed by atoms with van der Waals surface area (Å²) >= 11 is 4.67. The standard InChI is InChI=1S/C5H5NOS.K/c7-6-4-2-1-3-5(6)8;/h1-4,7H;. The van der Waals surface area contributed by atoms with Gasteiger partial charge < -0.3 is 5.21 Å². The molecule has 9 heavy (non-hydrogen) atoms. The van der Waals surface area contributed by atoms with Gasteiger partial charge >= 0.3 is 0 Å². The van der Waals surface area contributed by atoms with Gasteiger partial charge in [-0.05, 0) is 12.1 Å². The molecule has 0 aromatic carbocycles. The summed E-state index contributed by atoms with van der Waals surface area (Å²) < 4.78 is 1.32. The van der Waals surface area contributed by atoms with E-state index >= 15 is 0 Å². The van der Waals surface area contributed by atoms with Crippen LogP contribution in [-0.4, -0.2) is 61.3 Å². The van der Waals surface area contributed by atoms with Crippen molar-refractivity contribution in [2.75, 3.05) is 0 Å². The van der Waals surface area contributed by atoms with Crippen LogP contribution in [0.15, 0.2) is 24.4 Å². The van der Waals surface area contributed by atoms with E-state index in [0.717, 1.165) is 4.73 Å². The molecule has 0 saturated heterocycles. The molecule has 1 rings (SSSR count). The number of hydrogen-bond acceptors (Lipinski definition) is 2. The Morgan fingerprint density at radius 1 is 1.44 bits per heavy atom. The zero-order valence-electron chi connectivity index (χ0n) is 5.11. The summed E-state index contributed by atoms with van der Waals surface area (Å²) in [6.45, 7) is 0. The van der Waals surface area contributed by atoms with Crippen LogP contribution < -0.4 is 0 Å². The van der Waals surface area contributed by atoms with Crippen LogP contribution >= 0.6 is 12.2 Å². The molecule has 0 aliphatic carbocycles. The van der Waals surface area contributed by atoms with Crippen LogP contribution in [0.3, 0.4) is 0 Å². The summed E-state index contributed by atoms with van der Waals surface area (Å²) in [4.78, 5) is 0. The van der Waals surface area contributed by atoms with E-state index in [1.807, 2.05) is 0 Å². The monoisotopic (exact) mass is 166 g/mol. The topological polar surface area (TPSA) is 25.2 Å². The van der Waals surface area contributed by atoms with Crippen LogP contribution in [-0.2, 0) is 0 Å². The van der Waals surface area contributed by atoms with E-state index in [2.05, 4.69) is 12.2 Å². The molecule has 0 aliphatic rings. The van der Waals surface area contributed by atoms with E-state index in [9.17, 15) is 0 Å². The first-order chi connectivity index (χ1) is 3.80. The van der Waals surface area contributed by atoms with E-state index in [1.165, 1.54) is 6.20 Å². The minimum absolute atomic E-state index is 0. The van der Waals surface area contributed by atoms with E-state index in [4.69, 9.17) is 5.21 Å². The predicted molar refractivity (Wildman–Crippen MR) is 38.2 cm³/mol. The number of aromatic nitrogens is 1. The molecule has 0 bridgehead atoms. The molecule has 0 saturated carbocycles. The molecule has 1 N–H and O–H groups in total. The third-order valence-electron chi connectivity index (χ3n) is 0.803. The first kappa shape index (κ1) is 9.81. The summed E-state index contributed by atoms with van der Waals surface area (Å²) in [5.41, 5.74) is 0. The fourth-order valence-electron chi connectivity index (χ4n) is 0.419. The summed E-state index contributed by atoms with van der Waals surface area (Å²) in [6, 6.07) is 5.13. The van der Waals surface area contributed by atoms with Crippen molar-refractivity contribution in [2.45, 2.75) is 0 Å². The second kappa shape index (κ2) is 4.60. The Bertz CT molecular complexity index is 234. The van der Waals surface area contributed by atoms with Crippen molar-refractivity contribution in [2.24, 2.45) is 0 Å². The molecule has 1 aromatic rings. The second-order valence-corrected chi connectivity index (χ2v) is 1.80. The van der Waals surface area contributed by atoms with Crippen molar-refractivity contribution in [1.82, 2.24) is 4.73 Å². The zero-order valence-corrected chi connectivity index (χ0v) is 9.05. The van der Waals surface area contributed by atoms with Crippen LogP contribution in [0.25, 0.3) is 0 Å². The molecule has 43 valence electrons. The van der Waals surface area contributed by atoms with Gasteiger partial charge in [0.15, 0.2) is 0 Å². The molecule has 0 atom stereocenters. The molecule has 4 heteroatoms. The Labute approximate surface area is 101 Å². The molecule has 0 fully saturated rings. The van der Waals surface area contributed by atoms with E-state index in [1.54, 1.807) is 18.2 Å². The largest absolute Gasteiger partial charge is 0.428 e. The van der Waals surface area contributed by atoms with Gasteiger partial charge in [-0.2, -0.15) is 4.73 Å². The normalized spacial score (nSPS) is 8.00. The third kappa shape index (κ3) is 2.93. The zero-order chi connectivity index (χ0) is 5.98. The van der Waals surface area contributed by atoms with Crippen LogP contribution in [0.4, 0.5) is 0 Å². The number of nitrogens with zero attached hydrogens (tertiary/aromatic N) is 1. The summed E-state index contributed by atoms with van der Waals surface area (Å²) in [7, 11) is 0. The second-order valence-electron chi connectivity index (χ2n) is 1.38. The number of pyridine rings is 1. The number of rotatable bonds is 0. The molecule has 1 aromatic heterocycles. The smallest absolute Gasteiger partial charge is 0.142 e. The summed E-state index contributed by atoms with van der Waals surface area (Å²) in [6.07, 6.45) is 1.49. The molecule has 0 amide bonds. The van der Waals surface area contributed by atoms with Crippen LogP contribution in [0.1, 0.15) is 0 Å². The molecular weight excluding hydrogens is 161 g/mol. The van der Waals surface area contributed by atoms with Crippen molar-refractivity contribution in [1.29, 1.82) is 0 Å². The minimum Gasteiger partial charge on any atom is -0.428 e. The first-order valence-corrected chi connectivity index (χ1v) is 2.58. The third-order valence-corrected chi connectivity index (χ3v) is 1.13. The Kier molecular flexibility index (Phi) is 5.01. The van der Waals surface area contributed by atoms with Crippen LogP contribution in [0, 0.1) is 4.64 Å².